The molecule has 6 nitrogen and oxygen atoms in total. The number of amides is 1. The highest BCUT2D eigenvalue weighted by Gasteiger charge is 2.22. The molecule has 0 radical (unpaired) electrons. The molecule has 20 heavy (non-hydrogen) atoms. The van der Waals surface area contributed by atoms with Gasteiger partial charge in [0.05, 0.1) is 5.69 Å². The highest BCUT2D eigenvalue weighted by atomic mass is 35.5. The number of rotatable bonds is 2. The van der Waals surface area contributed by atoms with Crippen LogP contribution in [0.25, 0.3) is 11.3 Å². The molecule has 0 spiro atoms. The van der Waals surface area contributed by atoms with E-state index >= 15 is 0 Å². The molecule has 1 aliphatic rings. The van der Waals surface area contributed by atoms with Crippen LogP contribution in [-0.4, -0.2) is 22.9 Å². The summed E-state index contributed by atoms with van der Waals surface area (Å²) in [6, 6.07) is 5.07. The Morgan fingerprint density at radius 1 is 1.45 bits per heavy atom. The molecule has 2 heterocycles. The van der Waals surface area contributed by atoms with Gasteiger partial charge >= 0.3 is 0 Å². The molecule has 102 valence electrons. The Morgan fingerprint density at radius 3 is 3.00 bits per heavy atom. The predicted molar refractivity (Wildman–Crippen MR) is 71.0 cm³/mol. The normalized spacial score (nSPS) is 13.4. The molecule has 1 N–H and O–H groups in total. The van der Waals surface area contributed by atoms with E-state index in [-0.39, 0.29) is 18.1 Å². The highest BCUT2D eigenvalue weighted by molar-refractivity contribution is 6.68. The average molecular weight is 293 g/mol. The molecule has 1 amide bonds. The average Bonchev–Trinajstić information content (AvgIpc) is 2.80. The zero-order chi connectivity index (χ0) is 14.3. The molecule has 3 rings (SSSR count). The van der Waals surface area contributed by atoms with E-state index in [1.165, 1.54) is 0 Å². The van der Waals surface area contributed by atoms with Crippen LogP contribution in [0.4, 0.5) is 5.69 Å². The zero-order valence-electron chi connectivity index (χ0n) is 10.4. The van der Waals surface area contributed by atoms with Crippen LogP contribution in [0.15, 0.2) is 22.7 Å². The first-order valence-corrected chi connectivity index (χ1v) is 6.17. The van der Waals surface area contributed by atoms with Gasteiger partial charge in [-0.1, -0.05) is 5.16 Å². The molecule has 0 bridgehead atoms. The lowest BCUT2D eigenvalue weighted by atomic mass is 10.1. The first-order chi connectivity index (χ1) is 9.56. The first kappa shape index (κ1) is 12.7. The Balaban J connectivity index is 2.10. The predicted octanol–water partition coefficient (Wildman–Crippen LogP) is 2.36. The standard InChI is InChI=1S/C13H9ClN2O4/c1-6-11(13(14)18)12(16-20-6)7-2-3-9-8(4-7)15-10(17)5-19-9/h2-4H,5H2,1H3,(H,15,17). The molecule has 2 aromatic rings. The van der Waals surface area contributed by atoms with E-state index in [9.17, 15) is 9.59 Å². The summed E-state index contributed by atoms with van der Waals surface area (Å²) < 4.78 is 10.3. The summed E-state index contributed by atoms with van der Waals surface area (Å²) in [4.78, 5) is 22.7. The van der Waals surface area contributed by atoms with E-state index in [1.54, 1.807) is 25.1 Å². The van der Waals surface area contributed by atoms with Crippen molar-refractivity contribution in [3.05, 3.63) is 29.5 Å². The number of nitrogens with one attached hydrogen (secondary N) is 1. The minimum atomic E-state index is -0.642. The number of halogens is 1. The smallest absolute Gasteiger partial charge is 0.262 e. The Kier molecular flexibility index (Phi) is 2.94. The van der Waals surface area contributed by atoms with Crippen LogP contribution in [0.5, 0.6) is 5.75 Å². The van der Waals surface area contributed by atoms with Crippen molar-refractivity contribution in [3.63, 3.8) is 0 Å². The Labute approximate surface area is 118 Å². The number of carbonyl (C=O) groups excluding carboxylic acids is 2. The first-order valence-electron chi connectivity index (χ1n) is 5.79. The Bertz CT molecular complexity index is 723. The van der Waals surface area contributed by atoms with Gasteiger partial charge < -0.3 is 14.6 Å². The maximum atomic E-state index is 11.4. The third-order valence-corrected chi connectivity index (χ3v) is 3.13. The number of ether oxygens (including phenoxy) is 1. The lowest BCUT2D eigenvalue weighted by Gasteiger charge is -2.18. The van der Waals surface area contributed by atoms with Crippen molar-refractivity contribution in [2.75, 3.05) is 11.9 Å². The van der Waals surface area contributed by atoms with E-state index in [1.807, 2.05) is 0 Å². The highest BCUT2D eigenvalue weighted by Crippen LogP contribution is 2.34. The lowest BCUT2D eigenvalue weighted by molar-refractivity contribution is -0.118. The molecule has 0 fully saturated rings. The van der Waals surface area contributed by atoms with Crippen molar-refractivity contribution in [1.29, 1.82) is 0 Å². The number of hydrogen-bond acceptors (Lipinski definition) is 5. The minimum Gasteiger partial charge on any atom is -0.482 e. The van der Waals surface area contributed by atoms with Crippen LogP contribution in [0, 0.1) is 6.92 Å². The van der Waals surface area contributed by atoms with Crippen LogP contribution in [0.2, 0.25) is 0 Å². The topological polar surface area (TPSA) is 81.4 Å². The quantitative estimate of drug-likeness (QED) is 0.859. The number of hydrogen-bond donors (Lipinski definition) is 1. The maximum Gasteiger partial charge on any atom is 0.262 e. The number of aryl methyl sites for hydroxylation is 1. The van der Waals surface area contributed by atoms with Crippen molar-refractivity contribution < 1.29 is 18.8 Å². The lowest BCUT2D eigenvalue weighted by Crippen LogP contribution is -2.25. The second kappa shape index (κ2) is 4.64. The van der Waals surface area contributed by atoms with Crippen LogP contribution >= 0.6 is 11.6 Å². The summed E-state index contributed by atoms with van der Waals surface area (Å²) in [6.45, 7) is 1.59. The van der Waals surface area contributed by atoms with Gasteiger partial charge in [0.1, 0.15) is 22.8 Å². The van der Waals surface area contributed by atoms with Gasteiger partial charge in [0.25, 0.3) is 11.1 Å². The van der Waals surface area contributed by atoms with Gasteiger partial charge in [-0.3, -0.25) is 9.59 Å². The third-order valence-electron chi connectivity index (χ3n) is 2.95. The summed E-state index contributed by atoms with van der Waals surface area (Å²) in [7, 11) is 0. The summed E-state index contributed by atoms with van der Waals surface area (Å²) in [6.07, 6.45) is 0. The second-order valence-corrected chi connectivity index (χ2v) is 4.63. The number of aromatic nitrogens is 1. The Morgan fingerprint density at radius 2 is 2.25 bits per heavy atom. The molecule has 0 aliphatic carbocycles. The number of carbonyl (C=O) groups is 2. The third kappa shape index (κ3) is 2.04. The van der Waals surface area contributed by atoms with Gasteiger partial charge in [-0.05, 0) is 36.7 Å². The maximum absolute atomic E-state index is 11.4. The van der Waals surface area contributed by atoms with Gasteiger partial charge in [-0.2, -0.15) is 0 Å². The molecular formula is C13H9ClN2O4. The van der Waals surface area contributed by atoms with Gasteiger partial charge in [0.2, 0.25) is 0 Å². The molecule has 0 atom stereocenters. The van der Waals surface area contributed by atoms with Gasteiger partial charge in [-0.25, -0.2) is 0 Å². The summed E-state index contributed by atoms with van der Waals surface area (Å²) in [5.41, 5.74) is 1.68. The fourth-order valence-electron chi connectivity index (χ4n) is 2.03. The monoisotopic (exact) mass is 292 g/mol. The molecule has 0 saturated carbocycles. The van der Waals surface area contributed by atoms with Gasteiger partial charge in [0.15, 0.2) is 6.61 Å². The summed E-state index contributed by atoms with van der Waals surface area (Å²) >= 11 is 5.54. The van der Waals surface area contributed by atoms with E-state index in [0.29, 0.717) is 28.5 Å². The summed E-state index contributed by atoms with van der Waals surface area (Å²) in [5, 5.41) is 5.88. The largest absolute Gasteiger partial charge is 0.482 e. The van der Waals surface area contributed by atoms with Crippen molar-refractivity contribution in [3.8, 4) is 17.0 Å². The molecule has 1 aliphatic heterocycles. The van der Waals surface area contributed by atoms with E-state index in [4.69, 9.17) is 20.9 Å². The minimum absolute atomic E-state index is 0.0131. The molecule has 0 unspecified atom stereocenters. The second-order valence-electron chi connectivity index (χ2n) is 4.28. The van der Waals surface area contributed by atoms with Crippen molar-refractivity contribution in [1.82, 2.24) is 5.16 Å². The molecule has 7 heteroatoms. The SMILES string of the molecule is Cc1onc(-c2ccc3c(c2)NC(=O)CO3)c1C(=O)Cl. The van der Waals surface area contributed by atoms with Crippen LogP contribution in [-0.2, 0) is 4.79 Å². The fraction of sp³-hybridized carbons (Fsp3) is 0.154. The summed E-state index contributed by atoms with van der Waals surface area (Å²) in [5.74, 6) is 0.671. The van der Waals surface area contributed by atoms with Crippen molar-refractivity contribution in [2.45, 2.75) is 6.92 Å². The van der Waals surface area contributed by atoms with Crippen LogP contribution in [0.3, 0.4) is 0 Å². The van der Waals surface area contributed by atoms with E-state index in [0.717, 1.165) is 0 Å². The number of fused-ring (bicyclic) bond motifs is 1. The number of anilines is 1. The fourth-order valence-corrected chi connectivity index (χ4v) is 2.25. The Hall–Kier alpha value is -2.34. The van der Waals surface area contributed by atoms with Crippen molar-refractivity contribution in [2.24, 2.45) is 0 Å². The van der Waals surface area contributed by atoms with Gasteiger partial charge in [-0.15, -0.1) is 0 Å². The molecule has 1 aromatic heterocycles. The molecule has 0 saturated heterocycles. The molecule has 1 aromatic carbocycles. The van der Waals surface area contributed by atoms with E-state index in [2.05, 4.69) is 10.5 Å². The number of nitrogens with zero attached hydrogens (tertiary/aromatic N) is 1. The number of benzene rings is 1. The van der Waals surface area contributed by atoms with Gasteiger partial charge in [0, 0.05) is 5.56 Å². The zero-order valence-corrected chi connectivity index (χ0v) is 11.2. The molecular weight excluding hydrogens is 284 g/mol. The van der Waals surface area contributed by atoms with Crippen molar-refractivity contribution >= 4 is 28.4 Å². The van der Waals surface area contributed by atoms with Crippen LogP contribution < -0.4 is 10.1 Å². The van der Waals surface area contributed by atoms with Crippen LogP contribution in [0.1, 0.15) is 16.1 Å². The van der Waals surface area contributed by atoms with E-state index < -0.39 is 5.24 Å².